The van der Waals surface area contributed by atoms with Crippen LogP contribution < -0.4 is 0 Å². The van der Waals surface area contributed by atoms with Crippen LogP contribution in [0.25, 0.3) is 0 Å². The number of hydrogen-bond acceptors (Lipinski definition) is 0. The van der Waals surface area contributed by atoms with Gasteiger partial charge in [-0.3, -0.25) is 0 Å². The van der Waals surface area contributed by atoms with Crippen LogP contribution >= 0.6 is 63.7 Å². The Balaban J connectivity index is 0.000000260. The Morgan fingerprint density at radius 2 is 0.542 bits per heavy atom. The molecular weight excluding hydrogens is 848 g/mol. The van der Waals surface area contributed by atoms with Gasteiger partial charge in [-0.2, -0.15) is 0 Å². The van der Waals surface area contributed by atoms with Gasteiger partial charge in [0.05, 0.1) is 0 Å². The summed E-state index contributed by atoms with van der Waals surface area (Å²) in [6, 6.07) is 44.0. The van der Waals surface area contributed by atoms with Crippen molar-refractivity contribution in [1.29, 1.82) is 0 Å². The molecule has 0 aromatic heterocycles. The Hall–Kier alpha value is -1.20. The van der Waals surface area contributed by atoms with E-state index >= 15 is 0 Å². The predicted molar refractivity (Wildman–Crippen MR) is 227 cm³/mol. The molecular formula is C44H56Br4. The minimum absolute atomic E-state index is 0.738. The molecule has 0 bridgehead atoms. The topological polar surface area (TPSA) is 0 Å². The fourth-order valence-electron chi connectivity index (χ4n) is 6.97. The van der Waals surface area contributed by atoms with E-state index in [1.54, 1.807) is 0 Å². The number of hydrogen-bond donors (Lipinski definition) is 0. The zero-order valence-corrected chi connectivity index (χ0v) is 35.0. The van der Waals surface area contributed by atoms with Gasteiger partial charge in [0.25, 0.3) is 0 Å². The first-order valence-electron chi connectivity index (χ1n) is 18.1. The van der Waals surface area contributed by atoms with Gasteiger partial charge < -0.3 is 0 Å². The predicted octanol–water partition coefficient (Wildman–Crippen LogP) is 14.1. The lowest BCUT2D eigenvalue weighted by Gasteiger charge is -2.27. The molecule has 4 heteroatoms. The van der Waals surface area contributed by atoms with Crippen LogP contribution in [-0.2, 0) is 25.7 Å². The van der Waals surface area contributed by atoms with Gasteiger partial charge in [0.2, 0.25) is 0 Å². The van der Waals surface area contributed by atoms with Gasteiger partial charge in [0.1, 0.15) is 0 Å². The third-order valence-corrected chi connectivity index (χ3v) is 11.6. The van der Waals surface area contributed by atoms with E-state index in [0.29, 0.717) is 0 Å². The Morgan fingerprint density at radius 1 is 0.292 bits per heavy atom. The molecule has 0 heterocycles. The molecule has 0 nitrogen and oxygen atoms in total. The molecule has 0 aliphatic carbocycles. The summed E-state index contributed by atoms with van der Waals surface area (Å²) in [7, 11) is 0. The fraction of sp³-hybridized carbons (Fsp3) is 0.455. The molecule has 0 N–H and O–H groups in total. The summed E-state index contributed by atoms with van der Waals surface area (Å²) in [5, 5.41) is 4.42. The van der Waals surface area contributed by atoms with Crippen LogP contribution in [0.3, 0.4) is 0 Å². The van der Waals surface area contributed by atoms with Crippen LogP contribution in [-0.4, -0.2) is 21.3 Å². The molecule has 4 atom stereocenters. The normalized spacial score (nSPS) is 13.6. The summed E-state index contributed by atoms with van der Waals surface area (Å²) in [5.74, 6) is 2.98. The van der Waals surface area contributed by atoms with Crippen LogP contribution in [0.15, 0.2) is 121 Å². The van der Waals surface area contributed by atoms with Crippen molar-refractivity contribution in [2.45, 2.75) is 77.0 Å². The molecule has 0 spiro atoms. The van der Waals surface area contributed by atoms with Gasteiger partial charge in [-0.05, 0) is 110 Å². The van der Waals surface area contributed by atoms with Gasteiger partial charge in [-0.25, -0.2) is 0 Å². The van der Waals surface area contributed by atoms with E-state index in [9.17, 15) is 0 Å². The second-order valence-corrected chi connectivity index (χ2v) is 16.3. The lowest BCUT2D eigenvalue weighted by atomic mass is 9.78. The fourth-order valence-corrected chi connectivity index (χ4v) is 8.94. The van der Waals surface area contributed by atoms with E-state index in [1.807, 2.05) is 0 Å². The summed E-state index contributed by atoms with van der Waals surface area (Å²) in [6.45, 7) is 0. The number of alkyl halides is 4. The van der Waals surface area contributed by atoms with Gasteiger partial charge in [-0.15, -0.1) is 0 Å². The van der Waals surface area contributed by atoms with Crippen LogP contribution in [0.1, 0.15) is 73.6 Å². The molecule has 4 aromatic rings. The average molecular weight is 905 g/mol. The van der Waals surface area contributed by atoms with Crippen molar-refractivity contribution in [2.24, 2.45) is 23.7 Å². The van der Waals surface area contributed by atoms with Crippen molar-refractivity contribution in [1.82, 2.24) is 0 Å². The van der Waals surface area contributed by atoms with Crippen molar-refractivity contribution in [3.8, 4) is 0 Å². The lowest BCUT2D eigenvalue weighted by molar-refractivity contribution is 0.295. The Morgan fingerprint density at radius 3 is 0.771 bits per heavy atom. The number of halogens is 4. The second-order valence-electron chi connectivity index (χ2n) is 13.1. The van der Waals surface area contributed by atoms with Gasteiger partial charge in [0.15, 0.2) is 0 Å². The molecule has 0 amide bonds. The molecule has 48 heavy (non-hydrogen) atoms. The van der Waals surface area contributed by atoms with Crippen molar-refractivity contribution in [3.05, 3.63) is 144 Å². The van der Waals surface area contributed by atoms with Crippen molar-refractivity contribution < 1.29 is 0 Å². The highest BCUT2D eigenvalue weighted by atomic mass is 79.9. The highest BCUT2D eigenvalue weighted by Gasteiger charge is 2.23. The highest BCUT2D eigenvalue weighted by Crippen LogP contribution is 2.31. The zero-order valence-electron chi connectivity index (χ0n) is 28.7. The smallest absolute Gasteiger partial charge is 0.00341 e. The van der Waals surface area contributed by atoms with Gasteiger partial charge in [-0.1, -0.05) is 198 Å². The van der Waals surface area contributed by atoms with E-state index in [4.69, 9.17) is 0 Å². The third kappa shape index (κ3) is 17.1. The lowest BCUT2D eigenvalue weighted by Crippen LogP contribution is -2.21. The maximum absolute atomic E-state index is 3.69. The van der Waals surface area contributed by atoms with Crippen LogP contribution in [0.5, 0.6) is 0 Å². The minimum atomic E-state index is 0.738. The summed E-state index contributed by atoms with van der Waals surface area (Å²) >= 11 is 14.5. The highest BCUT2D eigenvalue weighted by molar-refractivity contribution is 9.09. The Bertz CT molecular complexity index is 1180. The molecule has 0 saturated carbocycles. The number of unbranched alkanes of at least 4 members (excludes halogenated alkanes) is 2. The first-order valence-corrected chi connectivity index (χ1v) is 22.5. The largest absolute Gasteiger partial charge is 0.0928 e. The molecule has 0 saturated heterocycles. The number of rotatable bonds is 22. The van der Waals surface area contributed by atoms with E-state index < -0.39 is 0 Å². The minimum Gasteiger partial charge on any atom is -0.0928 e. The van der Waals surface area contributed by atoms with E-state index in [0.717, 1.165) is 45.0 Å². The maximum atomic E-state index is 3.69. The zero-order chi connectivity index (χ0) is 34.1. The number of benzene rings is 4. The van der Waals surface area contributed by atoms with Crippen LogP contribution in [0.4, 0.5) is 0 Å². The monoisotopic (exact) mass is 900 g/mol. The summed E-state index contributed by atoms with van der Waals surface area (Å²) in [6.07, 6.45) is 15.1. The first-order chi connectivity index (χ1) is 23.7. The van der Waals surface area contributed by atoms with E-state index in [-0.39, 0.29) is 0 Å². The summed E-state index contributed by atoms with van der Waals surface area (Å²) < 4.78 is 0. The third-order valence-electron chi connectivity index (χ3n) is 9.57. The Labute approximate surface area is 326 Å². The molecule has 0 fully saturated rings. The molecule has 0 unspecified atom stereocenters. The molecule has 0 aliphatic rings. The molecule has 4 aromatic carbocycles. The molecule has 0 aliphatic heterocycles. The van der Waals surface area contributed by atoms with Crippen molar-refractivity contribution in [2.75, 3.05) is 21.3 Å². The first kappa shape index (κ1) is 41.2. The average Bonchev–Trinajstić information content (AvgIpc) is 3.13. The Kier molecular flexibility index (Phi) is 22.8. The molecule has 0 radical (unpaired) electrons. The second kappa shape index (κ2) is 26.6. The van der Waals surface area contributed by atoms with Crippen molar-refractivity contribution in [3.63, 3.8) is 0 Å². The quantitative estimate of drug-likeness (QED) is 0.0545. The van der Waals surface area contributed by atoms with Crippen LogP contribution in [0.2, 0.25) is 0 Å². The molecule has 260 valence electrons. The van der Waals surface area contributed by atoms with Gasteiger partial charge >= 0.3 is 0 Å². The van der Waals surface area contributed by atoms with Gasteiger partial charge in [0, 0.05) is 21.3 Å². The van der Waals surface area contributed by atoms with Crippen LogP contribution in [0, 0.1) is 23.7 Å². The van der Waals surface area contributed by atoms with Crippen molar-refractivity contribution >= 4 is 63.7 Å². The molecule has 4 rings (SSSR count). The van der Waals surface area contributed by atoms with E-state index in [1.165, 1.54) is 99.3 Å². The standard InChI is InChI=1S/2C22H28Br2/c2*23-15-8-7-13-21(17-19-9-3-1-4-10-19)22(14-16-24)18-20-11-5-2-6-12-20/h2*1-6,9-12,21-22H,7-8,13-18H2/t2*21-,22-/m10/s1. The maximum Gasteiger partial charge on any atom is 0.00341 e. The summed E-state index contributed by atoms with van der Waals surface area (Å²) in [4.78, 5) is 0. The van der Waals surface area contributed by atoms with E-state index in [2.05, 4.69) is 185 Å². The summed E-state index contributed by atoms with van der Waals surface area (Å²) in [5.41, 5.74) is 5.91. The SMILES string of the molecule is BrCCCC[C@@H](Cc1ccccc1)[C@@H](CCBr)Cc1ccccc1.BrCCCC[C@H](Cc1ccccc1)[C@H](CCBr)Cc1ccccc1.